The van der Waals surface area contributed by atoms with Crippen molar-refractivity contribution in [2.75, 3.05) is 6.61 Å². The van der Waals surface area contributed by atoms with Crippen LogP contribution in [-0.4, -0.2) is 16.6 Å². The predicted molar refractivity (Wildman–Crippen MR) is 43.3 cm³/mol. The second-order valence-corrected chi connectivity index (χ2v) is 4.60. The zero-order chi connectivity index (χ0) is 7.83. The Kier molecular flexibility index (Phi) is 1.99. The Morgan fingerprint density at radius 3 is 2.30 bits per heavy atom. The molecule has 0 aliphatic heterocycles. The molecule has 1 rings (SSSR count). The minimum atomic E-state index is 0.0160. The molecule has 1 saturated carbocycles. The van der Waals surface area contributed by atoms with Crippen molar-refractivity contribution in [2.45, 2.75) is 38.0 Å². The predicted octanol–water partition coefficient (Wildman–Crippen LogP) is 2.17. The van der Waals surface area contributed by atoms with E-state index in [0.29, 0.717) is 12.0 Å². The molecule has 0 aromatic heterocycles. The minimum Gasteiger partial charge on any atom is -0.396 e. The van der Waals surface area contributed by atoms with E-state index in [4.69, 9.17) is 16.7 Å². The lowest BCUT2D eigenvalue weighted by Gasteiger charge is -2.11. The van der Waals surface area contributed by atoms with E-state index in [1.165, 1.54) is 0 Å². The summed E-state index contributed by atoms with van der Waals surface area (Å²) in [7, 11) is 0. The van der Waals surface area contributed by atoms with Gasteiger partial charge in [-0.15, -0.1) is 11.6 Å². The molecule has 1 fully saturated rings. The van der Waals surface area contributed by atoms with Gasteiger partial charge in [0.25, 0.3) is 0 Å². The van der Waals surface area contributed by atoms with E-state index >= 15 is 0 Å². The van der Waals surface area contributed by atoms with Gasteiger partial charge in [0.2, 0.25) is 0 Å². The van der Waals surface area contributed by atoms with Crippen molar-refractivity contribution < 1.29 is 5.11 Å². The fraction of sp³-hybridized carbons (Fsp3) is 1.00. The third-order valence-electron chi connectivity index (χ3n) is 2.74. The van der Waals surface area contributed by atoms with Crippen molar-refractivity contribution in [3.8, 4) is 0 Å². The van der Waals surface area contributed by atoms with Crippen LogP contribution in [0, 0.1) is 5.41 Å². The number of hydrogen-bond acceptors (Lipinski definition) is 1. The molecule has 0 radical (unpaired) electrons. The van der Waals surface area contributed by atoms with Crippen LogP contribution in [0.2, 0.25) is 0 Å². The monoisotopic (exact) mass is 162 g/mol. The Hall–Kier alpha value is 0.250. The maximum atomic E-state index is 8.58. The molecule has 0 amide bonds. The van der Waals surface area contributed by atoms with Gasteiger partial charge >= 0.3 is 0 Å². The summed E-state index contributed by atoms with van der Waals surface area (Å²) < 4.78 is 0. The maximum Gasteiger partial charge on any atom is 0.0478 e. The third-order valence-corrected chi connectivity index (χ3v) is 3.33. The van der Waals surface area contributed by atoms with Gasteiger partial charge in [0, 0.05) is 11.5 Å². The van der Waals surface area contributed by atoms with E-state index in [1.807, 2.05) is 0 Å². The SMILES string of the molecule is CC1(Cl)CC1(C)CCCO. The Morgan fingerprint density at radius 1 is 1.50 bits per heavy atom. The largest absolute Gasteiger partial charge is 0.396 e. The highest BCUT2D eigenvalue weighted by atomic mass is 35.5. The smallest absolute Gasteiger partial charge is 0.0478 e. The molecule has 1 aliphatic carbocycles. The van der Waals surface area contributed by atoms with E-state index in [2.05, 4.69) is 13.8 Å². The topological polar surface area (TPSA) is 20.2 Å². The van der Waals surface area contributed by atoms with E-state index in [-0.39, 0.29) is 4.87 Å². The molecule has 0 aromatic rings. The molecule has 10 heavy (non-hydrogen) atoms. The van der Waals surface area contributed by atoms with Crippen LogP contribution in [0.25, 0.3) is 0 Å². The molecule has 2 unspecified atom stereocenters. The van der Waals surface area contributed by atoms with E-state index in [9.17, 15) is 0 Å². The molecule has 0 bridgehead atoms. The fourth-order valence-corrected chi connectivity index (χ4v) is 1.90. The molecule has 1 N–H and O–H groups in total. The molecule has 0 spiro atoms. The summed E-state index contributed by atoms with van der Waals surface area (Å²) in [6.45, 7) is 4.56. The summed E-state index contributed by atoms with van der Waals surface area (Å²) in [5.41, 5.74) is 0.303. The number of aliphatic hydroxyl groups is 1. The summed E-state index contributed by atoms with van der Waals surface area (Å²) in [6, 6.07) is 0. The number of alkyl halides is 1. The highest BCUT2D eigenvalue weighted by molar-refractivity contribution is 6.26. The first kappa shape index (κ1) is 8.35. The first-order chi connectivity index (χ1) is 4.52. The van der Waals surface area contributed by atoms with Crippen molar-refractivity contribution >= 4 is 11.6 Å². The average Bonchev–Trinajstić information content (AvgIpc) is 2.29. The number of rotatable bonds is 3. The van der Waals surface area contributed by atoms with Gasteiger partial charge in [0.1, 0.15) is 0 Å². The van der Waals surface area contributed by atoms with Crippen molar-refractivity contribution in [1.82, 2.24) is 0 Å². The average molecular weight is 163 g/mol. The fourth-order valence-electron chi connectivity index (χ4n) is 1.51. The van der Waals surface area contributed by atoms with Crippen molar-refractivity contribution in [3.63, 3.8) is 0 Å². The number of hydrogen-bond donors (Lipinski definition) is 1. The van der Waals surface area contributed by atoms with Gasteiger partial charge in [-0.25, -0.2) is 0 Å². The highest BCUT2D eigenvalue weighted by Crippen LogP contribution is 2.62. The van der Waals surface area contributed by atoms with Gasteiger partial charge in [0.05, 0.1) is 0 Å². The first-order valence-electron chi connectivity index (χ1n) is 3.82. The minimum absolute atomic E-state index is 0.0160. The quantitative estimate of drug-likeness (QED) is 0.631. The second kappa shape index (κ2) is 2.38. The van der Waals surface area contributed by atoms with Crippen molar-refractivity contribution in [2.24, 2.45) is 5.41 Å². The Bertz CT molecular complexity index is 133. The summed E-state index contributed by atoms with van der Waals surface area (Å²) in [5.74, 6) is 0. The summed E-state index contributed by atoms with van der Waals surface area (Å²) in [4.78, 5) is 0.0160. The van der Waals surface area contributed by atoms with Gasteiger partial charge in [-0.1, -0.05) is 6.92 Å². The molecule has 0 saturated heterocycles. The number of aliphatic hydroxyl groups excluding tert-OH is 1. The Labute approximate surface area is 67.4 Å². The molecule has 2 heteroatoms. The normalized spacial score (nSPS) is 45.6. The Balaban J connectivity index is 2.30. The van der Waals surface area contributed by atoms with Crippen LogP contribution in [0.3, 0.4) is 0 Å². The van der Waals surface area contributed by atoms with Crippen molar-refractivity contribution in [3.05, 3.63) is 0 Å². The van der Waals surface area contributed by atoms with Gasteiger partial charge < -0.3 is 5.11 Å². The van der Waals surface area contributed by atoms with Crippen LogP contribution in [0.1, 0.15) is 33.1 Å². The lowest BCUT2D eigenvalue weighted by molar-refractivity contribution is 0.268. The zero-order valence-corrected chi connectivity index (χ0v) is 7.41. The van der Waals surface area contributed by atoms with Crippen LogP contribution in [-0.2, 0) is 0 Å². The van der Waals surface area contributed by atoms with Crippen LogP contribution in [0.5, 0.6) is 0 Å². The van der Waals surface area contributed by atoms with Crippen LogP contribution >= 0.6 is 11.6 Å². The second-order valence-electron chi connectivity index (χ2n) is 3.76. The highest BCUT2D eigenvalue weighted by Gasteiger charge is 2.58. The zero-order valence-electron chi connectivity index (χ0n) is 6.65. The molecular formula is C8H15ClO. The van der Waals surface area contributed by atoms with Crippen LogP contribution in [0.4, 0.5) is 0 Å². The van der Waals surface area contributed by atoms with Crippen LogP contribution < -0.4 is 0 Å². The lowest BCUT2D eigenvalue weighted by Crippen LogP contribution is -2.07. The van der Waals surface area contributed by atoms with Gasteiger partial charge in [0.15, 0.2) is 0 Å². The molecule has 1 nitrogen and oxygen atoms in total. The molecule has 0 heterocycles. The van der Waals surface area contributed by atoms with E-state index in [1.54, 1.807) is 0 Å². The molecule has 0 aromatic carbocycles. The van der Waals surface area contributed by atoms with Crippen LogP contribution in [0.15, 0.2) is 0 Å². The van der Waals surface area contributed by atoms with Gasteiger partial charge in [-0.05, 0) is 31.6 Å². The van der Waals surface area contributed by atoms with Gasteiger partial charge in [-0.2, -0.15) is 0 Å². The van der Waals surface area contributed by atoms with E-state index in [0.717, 1.165) is 19.3 Å². The molecule has 1 aliphatic rings. The summed E-state index contributed by atoms with van der Waals surface area (Å²) >= 11 is 6.10. The standard InChI is InChI=1S/C8H15ClO/c1-7(4-3-5-10)6-8(7,2)9/h10H,3-6H2,1-2H3. The summed E-state index contributed by atoms with van der Waals surface area (Å²) in [5, 5.41) is 8.58. The maximum absolute atomic E-state index is 8.58. The molecule has 2 atom stereocenters. The van der Waals surface area contributed by atoms with Gasteiger partial charge in [-0.3, -0.25) is 0 Å². The lowest BCUT2D eigenvalue weighted by atomic mass is 10.0. The molecule has 60 valence electrons. The van der Waals surface area contributed by atoms with E-state index < -0.39 is 0 Å². The Morgan fingerprint density at radius 2 is 2.00 bits per heavy atom. The number of halogens is 1. The third kappa shape index (κ3) is 1.30. The molecular weight excluding hydrogens is 148 g/mol. The summed E-state index contributed by atoms with van der Waals surface area (Å²) in [6.07, 6.45) is 3.05. The first-order valence-corrected chi connectivity index (χ1v) is 4.19. The van der Waals surface area contributed by atoms with Crippen molar-refractivity contribution in [1.29, 1.82) is 0 Å².